The zero-order valence-electron chi connectivity index (χ0n) is 11.4. The third-order valence-electron chi connectivity index (χ3n) is 3.82. The minimum atomic E-state index is -0.151. The summed E-state index contributed by atoms with van der Waals surface area (Å²) < 4.78 is 13.0. The maximum Gasteiger partial charge on any atom is 0.123 e. The molecule has 0 spiro atoms. The standard InChI is InChI=1S/C15H23FN2/c1-12-9-15(16)6-5-14(12)11-17-10-13(2)18-7-3-4-8-18/h5-6,9,13,17H,3-4,7-8,10-11H2,1-2H3. The van der Waals surface area contributed by atoms with Gasteiger partial charge < -0.3 is 5.32 Å². The summed E-state index contributed by atoms with van der Waals surface area (Å²) in [7, 11) is 0. The zero-order valence-corrected chi connectivity index (χ0v) is 11.4. The molecule has 1 N–H and O–H groups in total. The molecule has 1 atom stereocenters. The largest absolute Gasteiger partial charge is 0.311 e. The molecule has 1 aromatic carbocycles. The van der Waals surface area contributed by atoms with Crippen molar-refractivity contribution in [1.82, 2.24) is 10.2 Å². The van der Waals surface area contributed by atoms with E-state index in [1.165, 1.54) is 37.6 Å². The molecule has 1 saturated heterocycles. The van der Waals surface area contributed by atoms with Crippen molar-refractivity contribution in [1.29, 1.82) is 0 Å². The van der Waals surface area contributed by atoms with Crippen molar-refractivity contribution in [2.45, 2.75) is 39.3 Å². The van der Waals surface area contributed by atoms with Crippen LogP contribution in [0, 0.1) is 12.7 Å². The number of nitrogens with one attached hydrogen (secondary N) is 1. The highest BCUT2D eigenvalue weighted by Crippen LogP contribution is 2.12. The quantitative estimate of drug-likeness (QED) is 0.864. The Morgan fingerprint density at radius 1 is 1.33 bits per heavy atom. The van der Waals surface area contributed by atoms with Crippen LogP contribution in [0.15, 0.2) is 18.2 Å². The number of likely N-dealkylation sites (tertiary alicyclic amines) is 1. The van der Waals surface area contributed by atoms with Gasteiger partial charge in [-0.25, -0.2) is 4.39 Å². The number of nitrogens with zero attached hydrogens (tertiary/aromatic N) is 1. The van der Waals surface area contributed by atoms with Crippen LogP contribution in [0.1, 0.15) is 30.9 Å². The minimum absolute atomic E-state index is 0.151. The first-order valence-electron chi connectivity index (χ1n) is 6.86. The van der Waals surface area contributed by atoms with Crippen LogP contribution < -0.4 is 5.32 Å². The van der Waals surface area contributed by atoms with Crippen molar-refractivity contribution in [3.8, 4) is 0 Å². The topological polar surface area (TPSA) is 15.3 Å². The fourth-order valence-electron chi connectivity index (χ4n) is 2.58. The van der Waals surface area contributed by atoms with E-state index in [0.29, 0.717) is 6.04 Å². The molecule has 1 aliphatic heterocycles. The summed E-state index contributed by atoms with van der Waals surface area (Å²) in [5.41, 5.74) is 2.21. The molecule has 0 bridgehead atoms. The van der Waals surface area contributed by atoms with Crippen molar-refractivity contribution in [3.05, 3.63) is 35.1 Å². The summed E-state index contributed by atoms with van der Waals surface area (Å²) in [6.07, 6.45) is 2.67. The van der Waals surface area contributed by atoms with Crippen molar-refractivity contribution < 1.29 is 4.39 Å². The first-order valence-corrected chi connectivity index (χ1v) is 6.86. The fourth-order valence-corrected chi connectivity index (χ4v) is 2.58. The summed E-state index contributed by atoms with van der Waals surface area (Å²) in [5, 5.41) is 3.47. The van der Waals surface area contributed by atoms with Crippen LogP contribution >= 0.6 is 0 Å². The average Bonchev–Trinajstić information content (AvgIpc) is 2.85. The van der Waals surface area contributed by atoms with Gasteiger partial charge in [0.2, 0.25) is 0 Å². The zero-order chi connectivity index (χ0) is 13.0. The third kappa shape index (κ3) is 3.53. The second-order valence-electron chi connectivity index (χ2n) is 5.29. The van der Waals surface area contributed by atoms with Gasteiger partial charge >= 0.3 is 0 Å². The van der Waals surface area contributed by atoms with Gasteiger partial charge in [-0.3, -0.25) is 4.90 Å². The van der Waals surface area contributed by atoms with Gasteiger partial charge in [-0.2, -0.15) is 0 Å². The Bertz CT molecular complexity index is 386. The van der Waals surface area contributed by atoms with E-state index in [2.05, 4.69) is 17.1 Å². The predicted molar refractivity (Wildman–Crippen MR) is 73.1 cm³/mol. The van der Waals surface area contributed by atoms with Crippen LogP contribution in [0.25, 0.3) is 0 Å². The highest BCUT2D eigenvalue weighted by molar-refractivity contribution is 5.26. The Kier molecular flexibility index (Phi) is 4.72. The van der Waals surface area contributed by atoms with Crippen molar-refractivity contribution in [3.63, 3.8) is 0 Å². The van der Waals surface area contributed by atoms with E-state index in [9.17, 15) is 4.39 Å². The number of benzene rings is 1. The lowest BCUT2D eigenvalue weighted by atomic mass is 10.1. The number of hydrogen-bond acceptors (Lipinski definition) is 2. The van der Waals surface area contributed by atoms with Gasteiger partial charge in [0.1, 0.15) is 5.82 Å². The normalized spacial score (nSPS) is 18.2. The number of hydrogen-bond donors (Lipinski definition) is 1. The highest BCUT2D eigenvalue weighted by Gasteiger charge is 2.17. The van der Waals surface area contributed by atoms with Crippen LogP contribution in [0.2, 0.25) is 0 Å². The maximum atomic E-state index is 13.0. The molecule has 0 amide bonds. The van der Waals surface area contributed by atoms with Crippen molar-refractivity contribution in [2.24, 2.45) is 0 Å². The summed E-state index contributed by atoms with van der Waals surface area (Å²) in [5.74, 6) is -0.151. The Hall–Kier alpha value is -0.930. The van der Waals surface area contributed by atoms with Crippen LogP contribution in [-0.2, 0) is 6.54 Å². The molecule has 1 aliphatic rings. The number of rotatable bonds is 5. The van der Waals surface area contributed by atoms with E-state index in [4.69, 9.17) is 0 Å². The van der Waals surface area contributed by atoms with Gasteiger partial charge in [-0.1, -0.05) is 6.07 Å². The molecule has 0 saturated carbocycles. The molecular weight excluding hydrogens is 227 g/mol. The second kappa shape index (κ2) is 6.30. The van der Waals surface area contributed by atoms with E-state index in [1.807, 2.05) is 13.0 Å². The summed E-state index contributed by atoms with van der Waals surface area (Å²) in [4.78, 5) is 2.53. The van der Waals surface area contributed by atoms with Gasteiger partial charge in [-0.05, 0) is 63.0 Å². The van der Waals surface area contributed by atoms with E-state index in [-0.39, 0.29) is 5.82 Å². The number of aryl methyl sites for hydroxylation is 1. The first-order chi connectivity index (χ1) is 8.66. The Morgan fingerprint density at radius 2 is 2.06 bits per heavy atom. The summed E-state index contributed by atoms with van der Waals surface area (Å²) >= 11 is 0. The molecule has 1 fully saturated rings. The summed E-state index contributed by atoms with van der Waals surface area (Å²) in [6, 6.07) is 5.60. The molecule has 0 aliphatic carbocycles. The lowest BCUT2D eigenvalue weighted by Crippen LogP contribution is -2.38. The molecule has 2 rings (SSSR count). The fraction of sp³-hybridized carbons (Fsp3) is 0.600. The third-order valence-corrected chi connectivity index (χ3v) is 3.82. The van der Waals surface area contributed by atoms with Gasteiger partial charge in [0.15, 0.2) is 0 Å². The van der Waals surface area contributed by atoms with Gasteiger partial charge in [0.05, 0.1) is 0 Å². The predicted octanol–water partition coefficient (Wildman–Crippen LogP) is 2.71. The van der Waals surface area contributed by atoms with Gasteiger partial charge in [0.25, 0.3) is 0 Å². The molecule has 0 radical (unpaired) electrons. The van der Waals surface area contributed by atoms with Gasteiger partial charge in [0, 0.05) is 19.1 Å². The Balaban J connectivity index is 1.77. The molecule has 18 heavy (non-hydrogen) atoms. The van der Waals surface area contributed by atoms with E-state index < -0.39 is 0 Å². The van der Waals surface area contributed by atoms with Crippen LogP contribution in [0.5, 0.6) is 0 Å². The molecule has 2 nitrogen and oxygen atoms in total. The Morgan fingerprint density at radius 3 is 2.72 bits per heavy atom. The molecule has 0 aromatic heterocycles. The monoisotopic (exact) mass is 250 g/mol. The lowest BCUT2D eigenvalue weighted by molar-refractivity contribution is 0.251. The first kappa shape index (κ1) is 13.5. The van der Waals surface area contributed by atoms with Crippen molar-refractivity contribution >= 4 is 0 Å². The average molecular weight is 250 g/mol. The molecule has 1 heterocycles. The second-order valence-corrected chi connectivity index (χ2v) is 5.29. The van der Waals surface area contributed by atoms with E-state index >= 15 is 0 Å². The van der Waals surface area contributed by atoms with E-state index in [0.717, 1.165) is 18.7 Å². The van der Waals surface area contributed by atoms with Crippen LogP contribution in [0.4, 0.5) is 4.39 Å². The smallest absolute Gasteiger partial charge is 0.123 e. The van der Waals surface area contributed by atoms with Crippen LogP contribution in [-0.4, -0.2) is 30.6 Å². The summed E-state index contributed by atoms with van der Waals surface area (Å²) in [6.45, 7) is 8.53. The molecule has 100 valence electrons. The van der Waals surface area contributed by atoms with Gasteiger partial charge in [-0.15, -0.1) is 0 Å². The molecular formula is C15H23FN2. The van der Waals surface area contributed by atoms with E-state index in [1.54, 1.807) is 6.07 Å². The van der Waals surface area contributed by atoms with Crippen molar-refractivity contribution in [2.75, 3.05) is 19.6 Å². The number of halogens is 1. The molecule has 1 aromatic rings. The Labute approximate surface area is 109 Å². The SMILES string of the molecule is Cc1cc(F)ccc1CNCC(C)N1CCCC1. The molecule has 1 unspecified atom stereocenters. The minimum Gasteiger partial charge on any atom is -0.311 e. The highest BCUT2D eigenvalue weighted by atomic mass is 19.1. The van der Waals surface area contributed by atoms with Crippen LogP contribution in [0.3, 0.4) is 0 Å². The lowest BCUT2D eigenvalue weighted by Gasteiger charge is -2.24. The molecule has 3 heteroatoms. The maximum absolute atomic E-state index is 13.0.